The van der Waals surface area contributed by atoms with Crippen LogP contribution < -0.4 is 11.1 Å². The number of hydrogen-bond donors (Lipinski definition) is 2. The first-order chi connectivity index (χ1) is 7.59. The first kappa shape index (κ1) is 12.7. The van der Waals surface area contributed by atoms with Crippen molar-refractivity contribution in [3.63, 3.8) is 0 Å². The average Bonchev–Trinajstić information content (AvgIpc) is 2.26. The topological polar surface area (TPSA) is 55.1 Å². The highest BCUT2D eigenvalue weighted by molar-refractivity contribution is 5.76. The summed E-state index contributed by atoms with van der Waals surface area (Å²) in [6.45, 7) is 4.59. The van der Waals surface area contributed by atoms with Crippen molar-refractivity contribution >= 4 is 5.91 Å². The minimum atomic E-state index is -0.0768. The molecule has 0 bridgehead atoms. The molecule has 1 aromatic carbocycles. The van der Waals surface area contributed by atoms with Crippen LogP contribution in [0.1, 0.15) is 31.7 Å². The van der Waals surface area contributed by atoms with Crippen LogP contribution in [0.25, 0.3) is 0 Å². The summed E-state index contributed by atoms with van der Waals surface area (Å²) >= 11 is 0. The molecule has 0 saturated heterocycles. The monoisotopic (exact) mass is 220 g/mol. The molecule has 1 aromatic rings. The Balaban J connectivity index is 2.36. The third-order valence-corrected chi connectivity index (χ3v) is 2.48. The van der Waals surface area contributed by atoms with E-state index in [0.717, 1.165) is 0 Å². The molecule has 0 aliphatic carbocycles. The number of carbonyl (C=O) groups is 1. The van der Waals surface area contributed by atoms with Gasteiger partial charge in [-0.05, 0) is 18.4 Å². The molecule has 0 saturated carbocycles. The molecule has 0 aromatic heterocycles. The van der Waals surface area contributed by atoms with Gasteiger partial charge in [-0.25, -0.2) is 0 Å². The molecule has 3 N–H and O–H groups in total. The first-order valence-electron chi connectivity index (χ1n) is 5.67. The highest BCUT2D eigenvalue weighted by atomic mass is 16.1. The summed E-state index contributed by atoms with van der Waals surface area (Å²) in [4.78, 5) is 11.4. The maximum atomic E-state index is 11.4. The van der Waals surface area contributed by atoms with Crippen molar-refractivity contribution in [1.82, 2.24) is 5.32 Å². The third kappa shape index (κ3) is 4.45. The fourth-order valence-corrected chi connectivity index (χ4v) is 1.53. The molecule has 3 nitrogen and oxygen atoms in total. The number of carbonyl (C=O) groups excluding carboxylic acids is 1. The normalized spacial score (nSPS) is 14.2. The van der Waals surface area contributed by atoms with Gasteiger partial charge in [-0.15, -0.1) is 0 Å². The van der Waals surface area contributed by atoms with Gasteiger partial charge in [0.2, 0.25) is 5.91 Å². The fourth-order valence-electron chi connectivity index (χ4n) is 1.53. The Morgan fingerprint density at radius 3 is 2.50 bits per heavy atom. The fraction of sp³-hybridized carbons (Fsp3) is 0.462. The van der Waals surface area contributed by atoms with Gasteiger partial charge in [-0.1, -0.05) is 37.3 Å². The number of amides is 1. The highest BCUT2D eigenvalue weighted by Gasteiger charge is 2.08. The minimum Gasteiger partial charge on any atom is -0.355 e. The van der Waals surface area contributed by atoms with E-state index >= 15 is 0 Å². The maximum Gasteiger partial charge on any atom is 0.221 e. The second kappa shape index (κ2) is 6.28. The van der Waals surface area contributed by atoms with Gasteiger partial charge in [0, 0.05) is 19.0 Å². The van der Waals surface area contributed by atoms with E-state index in [1.54, 1.807) is 0 Å². The predicted octanol–water partition coefficient (Wildman–Crippen LogP) is 1.64. The molecule has 3 heteroatoms. The van der Waals surface area contributed by atoms with Crippen LogP contribution in [-0.4, -0.2) is 18.5 Å². The molecule has 0 aliphatic heterocycles. The van der Waals surface area contributed by atoms with E-state index in [0.29, 0.717) is 18.9 Å². The summed E-state index contributed by atoms with van der Waals surface area (Å²) in [6, 6.07) is 10.1. The van der Waals surface area contributed by atoms with Crippen molar-refractivity contribution in [2.24, 2.45) is 5.73 Å². The lowest BCUT2D eigenvalue weighted by atomic mass is 10.0. The Bertz CT molecular complexity index is 322. The molecule has 16 heavy (non-hydrogen) atoms. The molecule has 1 rings (SSSR count). The van der Waals surface area contributed by atoms with Crippen LogP contribution in [0.15, 0.2) is 30.3 Å². The SMILES string of the molecule is CC(N)CC(=O)NCC(C)c1ccccc1. The van der Waals surface area contributed by atoms with E-state index in [1.807, 2.05) is 25.1 Å². The molecule has 0 radical (unpaired) electrons. The van der Waals surface area contributed by atoms with Crippen molar-refractivity contribution in [3.05, 3.63) is 35.9 Å². The minimum absolute atomic E-state index is 0.0257. The lowest BCUT2D eigenvalue weighted by Crippen LogP contribution is -2.32. The summed E-state index contributed by atoms with van der Waals surface area (Å²) in [5.41, 5.74) is 6.79. The number of rotatable bonds is 5. The van der Waals surface area contributed by atoms with Gasteiger partial charge in [0.05, 0.1) is 0 Å². The second-order valence-electron chi connectivity index (χ2n) is 4.30. The van der Waals surface area contributed by atoms with Crippen LogP contribution in [0.2, 0.25) is 0 Å². The van der Waals surface area contributed by atoms with E-state index < -0.39 is 0 Å². The Kier molecular flexibility index (Phi) is 4.99. The number of nitrogens with two attached hydrogens (primary N) is 1. The van der Waals surface area contributed by atoms with Crippen LogP contribution in [0.4, 0.5) is 0 Å². The van der Waals surface area contributed by atoms with E-state index in [4.69, 9.17) is 5.73 Å². The number of benzene rings is 1. The van der Waals surface area contributed by atoms with Crippen LogP contribution in [0, 0.1) is 0 Å². The Morgan fingerprint density at radius 2 is 1.94 bits per heavy atom. The maximum absolute atomic E-state index is 11.4. The zero-order valence-electron chi connectivity index (χ0n) is 9.94. The summed E-state index contributed by atoms with van der Waals surface area (Å²) in [7, 11) is 0. The van der Waals surface area contributed by atoms with Gasteiger partial charge >= 0.3 is 0 Å². The van der Waals surface area contributed by atoms with Gasteiger partial charge in [-0.2, -0.15) is 0 Å². The highest BCUT2D eigenvalue weighted by Crippen LogP contribution is 2.12. The van der Waals surface area contributed by atoms with Gasteiger partial charge in [0.25, 0.3) is 0 Å². The van der Waals surface area contributed by atoms with Gasteiger partial charge in [0.15, 0.2) is 0 Å². The number of hydrogen-bond acceptors (Lipinski definition) is 2. The molecule has 2 atom stereocenters. The second-order valence-corrected chi connectivity index (χ2v) is 4.30. The Morgan fingerprint density at radius 1 is 1.31 bits per heavy atom. The van der Waals surface area contributed by atoms with E-state index in [2.05, 4.69) is 24.4 Å². The van der Waals surface area contributed by atoms with Gasteiger partial charge in [0.1, 0.15) is 0 Å². The smallest absolute Gasteiger partial charge is 0.221 e. The molecule has 0 aliphatic rings. The molecule has 2 unspecified atom stereocenters. The number of nitrogens with one attached hydrogen (secondary N) is 1. The molecule has 0 spiro atoms. The molecule has 0 fully saturated rings. The zero-order valence-corrected chi connectivity index (χ0v) is 9.94. The van der Waals surface area contributed by atoms with Gasteiger partial charge in [-0.3, -0.25) is 4.79 Å². The van der Waals surface area contributed by atoms with Crippen LogP contribution >= 0.6 is 0 Å². The summed E-state index contributed by atoms with van der Waals surface area (Å²) in [5, 5.41) is 2.89. The lowest BCUT2D eigenvalue weighted by Gasteiger charge is -2.13. The Labute approximate surface area is 97.0 Å². The van der Waals surface area contributed by atoms with Crippen LogP contribution in [-0.2, 0) is 4.79 Å². The van der Waals surface area contributed by atoms with Crippen molar-refractivity contribution < 1.29 is 4.79 Å². The largest absolute Gasteiger partial charge is 0.355 e. The predicted molar refractivity (Wildman–Crippen MR) is 66.1 cm³/mol. The molecular formula is C13H20N2O. The van der Waals surface area contributed by atoms with Crippen molar-refractivity contribution in [1.29, 1.82) is 0 Å². The van der Waals surface area contributed by atoms with Crippen molar-refractivity contribution in [2.75, 3.05) is 6.54 Å². The van der Waals surface area contributed by atoms with E-state index in [-0.39, 0.29) is 11.9 Å². The standard InChI is InChI=1S/C13H20N2O/c1-10(12-6-4-3-5-7-12)9-15-13(16)8-11(2)14/h3-7,10-11H,8-9,14H2,1-2H3,(H,15,16). The van der Waals surface area contributed by atoms with E-state index in [9.17, 15) is 4.79 Å². The lowest BCUT2D eigenvalue weighted by molar-refractivity contribution is -0.121. The molecule has 0 heterocycles. The Hall–Kier alpha value is -1.35. The van der Waals surface area contributed by atoms with E-state index in [1.165, 1.54) is 5.56 Å². The van der Waals surface area contributed by atoms with Gasteiger partial charge < -0.3 is 11.1 Å². The molecule has 88 valence electrons. The summed E-state index contributed by atoms with van der Waals surface area (Å²) in [5.74, 6) is 0.357. The average molecular weight is 220 g/mol. The molecule has 1 amide bonds. The third-order valence-electron chi connectivity index (χ3n) is 2.48. The van der Waals surface area contributed by atoms with Crippen LogP contribution in [0.3, 0.4) is 0 Å². The summed E-state index contributed by atoms with van der Waals surface area (Å²) in [6.07, 6.45) is 0.390. The van der Waals surface area contributed by atoms with Crippen molar-refractivity contribution in [3.8, 4) is 0 Å². The molecular weight excluding hydrogens is 200 g/mol. The van der Waals surface area contributed by atoms with Crippen LogP contribution in [0.5, 0.6) is 0 Å². The first-order valence-corrected chi connectivity index (χ1v) is 5.67. The quantitative estimate of drug-likeness (QED) is 0.792. The summed E-state index contributed by atoms with van der Waals surface area (Å²) < 4.78 is 0. The van der Waals surface area contributed by atoms with Crippen molar-refractivity contribution in [2.45, 2.75) is 32.2 Å². The zero-order chi connectivity index (χ0) is 12.0.